The maximum Gasteiger partial charge on any atom is 0.256 e. The second-order valence-corrected chi connectivity index (χ2v) is 4.83. The Balaban J connectivity index is 1.59. The quantitative estimate of drug-likeness (QED) is 0.863. The third-order valence-corrected chi connectivity index (χ3v) is 3.43. The second kappa shape index (κ2) is 4.88. The number of nitrogens with one attached hydrogen (secondary N) is 1. The van der Waals surface area contributed by atoms with Gasteiger partial charge in [-0.2, -0.15) is 5.10 Å². The minimum absolute atomic E-state index is 0.0331. The summed E-state index contributed by atoms with van der Waals surface area (Å²) in [6.45, 7) is 0.446. The van der Waals surface area contributed by atoms with E-state index >= 15 is 0 Å². The Bertz CT molecular complexity index is 625. The fourth-order valence-corrected chi connectivity index (χ4v) is 2.29. The first kappa shape index (κ1) is 12.5. The molecule has 2 aromatic rings. The van der Waals surface area contributed by atoms with Crippen LogP contribution >= 0.6 is 0 Å². The van der Waals surface area contributed by atoms with Gasteiger partial charge in [0.1, 0.15) is 23.2 Å². The molecule has 3 N–H and O–H groups in total. The summed E-state index contributed by atoms with van der Waals surface area (Å²) >= 11 is 0. The molecule has 1 atom stereocenters. The van der Waals surface area contributed by atoms with E-state index in [2.05, 4.69) is 10.4 Å². The molecule has 1 unspecified atom stereocenters. The smallest absolute Gasteiger partial charge is 0.256 e. The molecule has 1 aliphatic heterocycles. The van der Waals surface area contributed by atoms with Crippen molar-refractivity contribution in [2.45, 2.75) is 12.5 Å². The summed E-state index contributed by atoms with van der Waals surface area (Å²) in [5.41, 5.74) is 7.33. The highest BCUT2D eigenvalue weighted by Gasteiger charge is 2.23. The number of para-hydroxylation sites is 1. The van der Waals surface area contributed by atoms with Gasteiger partial charge in [-0.05, 0) is 11.6 Å². The molecule has 6 heteroatoms. The molecule has 0 saturated carbocycles. The number of aromatic nitrogens is 2. The van der Waals surface area contributed by atoms with Crippen LogP contribution in [0.2, 0.25) is 0 Å². The van der Waals surface area contributed by atoms with Crippen LogP contribution < -0.4 is 15.8 Å². The molecular formula is C14H16N4O2. The number of amides is 1. The lowest BCUT2D eigenvalue weighted by Crippen LogP contribution is -2.34. The van der Waals surface area contributed by atoms with Gasteiger partial charge in [-0.1, -0.05) is 18.2 Å². The van der Waals surface area contributed by atoms with E-state index in [4.69, 9.17) is 10.5 Å². The summed E-state index contributed by atoms with van der Waals surface area (Å²) in [6.07, 6.45) is 2.24. The molecule has 3 rings (SSSR count). The minimum atomic E-state index is -0.227. The lowest BCUT2D eigenvalue weighted by atomic mass is 10.1. The average Bonchev–Trinajstić information content (AvgIpc) is 3.00. The van der Waals surface area contributed by atoms with Crippen molar-refractivity contribution in [1.82, 2.24) is 15.1 Å². The number of nitrogens with zero attached hydrogens (tertiary/aromatic N) is 2. The van der Waals surface area contributed by atoms with Gasteiger partial charge < -0.3 is 15.8 Å². The molecule has 0 radical (unpaired) electrons. The van der Waals surface area contributed by atoms with Crippen molar-refractivity contribution >= 4 is 11.7 Å². The van der Waals surface area contributed by atoms with Crippen LogP contribution in [0.1, 0.15) is 15.9 Å². The second-order valence-electron chi connectivity index (χ2n) is 4.83. The number of aryl methyl sites for hydroxylation is 1. The number of hydrogen-bond acceptors (Lipinski definition) is 4. The molecule has 0 saturated heterocycles. The lowest BCUT2D eigenvalue weighted by Gasteiger charge is -2.11. The predicted molar refractivity (Wildman–Crippen MR) is 74.5 cm³/mol. The zero-order valence-electron chi connectivity index (χ0n) is 11.2. The Morgan fingerprint density at radius 1 is 1.55 bits per heavy atom. The molecule has 6 nitrogen and oxygen atoms in total. The summed E-state index contributed by atoms with van der Waals surface area (Å²) in [4.78, 5) is 12.0. The Morgan fingerprint density at radius 2 is 2.35 bits per heavy atom. The summed E-state index contributed by atoms with van der Waals surface area (Å²) in [5.74, 6) is 1.03. The number of carbonyl (C=O) groups is 1. The van der Waals surface area contributed by atoms with Crippen molar-refractivity contribution in [3.63, 3.8) is 0 Å². The molecule has 1 aromatic carbocycles. The zero-order chi connectivity index (χ0) is 14.1. The van der Waals surface area contributed by atoms with Crippen LogP contribution in [-0.2, 0) is 13.5 Å². The fraction of sp³-hybridized carbons (Fsp3) is 0.286. The average molecular weight is 272 g/mol. The number of rotatable bonds is 3. The van der Waals surface area contributed by atoms with Gasteiger partial charge in [-0.3, -0.25) is 9.48 Å². The molecule has 0 fully saturated rings. The topological polar surface area (TPSA) is 82.2 Å². The van der Waals surface area contributed by atoms with Gasteiger partial charge in [0.15, 0.2) is 0 Å². The lowest BCUT2D eigenvalue weighted by molar-refractivity contribution is 0.0934. The van der Waals surface area contributed by atoms with Crippen molar-refractivity contribution in [1.29, 1.82) is 0 Å². The van der Waals surface area contributed by atoms with Crippen LogP contribution in [0.15, 0.2) is 30.5 Å². The normalized spacial score (nSPS) is 16.6. The molecule has 1 aliphatic rings. The van der Waals surface area contributed by atoms with Crippen LogP contribution in [0.3, 0.4) is 0 Å². The van der Waals surface area contributed by atoms with Crippen LogP contribution in [0, 0.1) is 0 Å². The van der Waals surface area contributed by atoms with E-state index in [1.165, 1.54) is 16.4 Å². The highest BCUT2D eigenvalue weighted by Crippen LogP contribution is 2.27. The first-order valence-corrected chi connectivity index (χ1v) is 6.45. The SMILES string of the molecule is Cn1ncc(C(=O)NCC2Cc3ccccc3O2)c1N. The summed E-state index contributed by atoms with van der Waals surface area (Å²) < 4.78 is 7.23. The first-order valence-electron chi connectivity index (χ1n) is 6.45. The van der Waals surface area contributed by atoms with Crippen LogP contribution in [0.4, 0.5) is 5.82 Å². The van der Waals surface area contributed by atoms with Gasteiger partial charge in [-0.25, -0.2) is 0 Å². The molecule has 2 heterocycles. The van der Waals surface area contributed by atoms with E-state index in [0.717, 1.165) is 12.2 Å². The van der Waals surface area contributed by atoms with E-state index < -0.39 is 0 Å². The molecule has 1 amide bonds. The summed E-state index contributed by atoms with van der Waals surface area (Å²) in [5, 5.41) is 6.78. The molecule has 104 valence electrons. The fourth-order valence-electron chi connectivity index (χ4n) is 2.29. The number of hydrogen-bond donors (Lipinski definition) is 2. The number of ether oxygens (including phenoxy) is 1. The van der Waals surface area contributed by atoms with Gasteiger partial charge >= 0.3 is 0 Å². The number of nitrogen functional groups attached to an aromatic ring is 1. The standard InChI is InChI=1S/C14H16N4O2/c1-18-13(15)11(8-17-18)14(19)16-7-10-6-9-4-2-3-5-12(9)20-10/h2-5,8,10H,6-7,15H2,1H3,(H,16,19). The zero-order valence-corrected chi connectivity index (χ0v) is 11.2. The number of carbonyl (C=O) groups excluding carboxylic acids is 1. The van der Waals surface area contributed by atoms with Crippen LogP contribution in [0.25, 0.3) is 0 Å². The molecule has 1 aromatic heterocycles. The molecule has 0 aliphatic carbocycles. The Labute approximate surface area is 116 Å². The third-order valence-electron chi connectivity index (χ3n) is 3.43. The molecule has 20 heavy (non-hydrogen) atoms. The van der Waals surface area contributed by atoms with Crippen molar-refractivity contribution in [3.8, 4) is 5.75 Å². The van der Waals surface area contributed by atoms with Crippen LogP contribution in [0.5, 0.6) is 5.75 Å². The Hall–Kier alpha value is -2.50. The summed E-state index contributed by atoms with van der Waals surface area (Å²) in [7, 11) is 1.70. The van der Waals surface area contributed by atoms with Gasteiger partial charge in [0.05, 0.1) is 12.7 Å². The first-order chi connectivity index (χ1) is 9.65. The molecular weight excluding hydrogens is 256 g/mol. The number of anilines is 1. The van der Waals surface area contributed by atoms with E-state index in [1.54, 1.807) is 7.05 Å². The van der Waals surface area contributed by atoms with E-state index in [9.17, 15) is 4.79 Å². The van der Waals surface area contributed by atoms with Gasteiger partial charge in [-0.15, -0.1) is 0 Å². The predicted octanol–water partition coefficient (Wildman–Crippen LogP) is 0.736. The Kier molecular flexibility index (Phi) is 3.06. The van der Waals surface area contributed by atoms with Crippen molar-refractivity contribution in [2.24, 2.45) is 7.05 Å². The van der Waals surface area contributed by atoms with E-state index in [1.807, 2.05) is 24.3 Å². The van der Waals surface area contributed by atoms with Gasteiger partial charge in [0, 0.05) is 13.5 Å². The highest BCUT2D eigenvalue weighted by atomic mass is 16.5. The summed E-state index contributed by atoms with van der Waals surface area (Å²) in [6, 6.07) is 7.90. The Morgan fingerprint density at radius 3 is 3.05 bits per heavy atom. The van der Waals surface area contributed by atoms with Crippen LogP contribution in [-0.4, -0.2) is 28.3 Å². The monoisotopic (exact) mass is 272 g/mol. The third kappa shape index (κ3) is 2.20. The van der Waals surface area contributed by atoms with Gasteiger partial charge in [0.2, 0.25) is 0 Å². The van der Waals surface area contributed by atoms with Crippen molar-refractivity contribution in [3.05, 3.63) is 41.6 Å². The highest BCUT2D eigenvalue weighted by molar-refractivity contribution is 5.98. The van der Waals surface area contributed by atoms with Crippen molar-refractivity contribution < 1.29 is 9.53 Å². The van der Waals surface area contributed by atoms with E-state index in [-0.39, 0.29) is 12.0 Å². The minimum Gasteiger partial charge on any atom is -0.488 e. The molecule has 0 bridgehead atoms. The maximum atomic E-state index is 12.0. The number of benzene rings is 1. The van der Waals surface area contributed by atoms with Crippen molar-refractivity contribution in [2.75, 3.05) is 12.3 Å². The largest absolute Gasteiger partial charge is 0.488 e. The number of nitrogens with two attached hydrogens (primary N) is 1. The maximum absolute atomic E-state index is 12.0. The van der Waals surface area contributed by atoms with Gasteiger partial charge in [0.25, 0.3) is 5.91 Å². The molecule has 0 spiro atoms. The van der Waals surface area contributed by atoms with E-state index in [0.29, 0.717) is 17.9 Å². The number of fused-ring (bicyclic) bond motifs is 1.